The smallest absolute Gasteiger partial charge is 0.462 e. The number of allylic oxidation sites excluding steroid dienone is 18. The van der Waals surface area contributed by atoms with Crippen molar-refractivity contribution in [2.45, 2.75) is 315 Å². The molecule has 2 atom stereocenters. The SMILES string of the molecule is CC/C=C\C/C=C\C/C=C\C/C=C\C/C=C\C/C=C\CCCCCCCCCCCCCCCCCCCCC(=O)OC(COC(=O)CCCCCCCCCCCC/C=C\C/C=C\C/C=C\CCCCCCC)COP(=O)(O)OCC[N+](C)(C)C. The highest BCUT2D eigenvalue weighted by Gasteiger charge is 2.27. The van der Waals surface area contributed by atoms with Crippen molar-refractivity contribution in [1.82, 2.24) is 0 Å². The van der Waals surface area contributed by atoms with Crippen LogP contribution in [0.1, 0.15) is 309 Å². The van der Waals surface area contributed by atoms with Gasteiger partial charge in [0.2, 0.25) is 0 Å². The van der Waals surface area contributed by atoms with E-state index >= 15 is 0 Å². The lowest BCUT2D eigenvalue weighted by atomic mass is 10.0. The molecule has 0 radical (unpaired) electrons. The van der Waals surface area contributed by atoms with E-state index in [0.29, 0.717) is 17.4 Å². The third-order valence-corrected chi connectivity index (χ3v) is 16.3. The standard InChI is InChI=1S/C76H134NO8P/c1-6-8-10-12-14-16-18-20-22-24-26-28-30-32-33-34-35-36-37-38-39-40-41-42-43-45-47-49-51-53-55-57-59-61-63-65-67-69-76(79)85-74(73-84-86(80,81)83-71-70-77(3,4)5)72-82-75(78)68-66-64-62-60-58-56-54-52-50-48-46-44-31-29-27-25-23-21-19-17-15-13-11-9-7-2/h8,10,14,16,19-22,25-28,31-33,35-36,44,74H,6-7,9,11-13,15,17-18,23-24,29-30,34,37-43,45-73H2,1-5H3/p+1/b10-8-,16-14-,21-19-,22-20-,27-25-,28-26-,33-32-,36-35-,44-31-. The van der Waals surface area contributed by atoms with Gasteiger partial charge in [-0.05, 0) is 103 Å². The minimum Gasteiger partial charge on any atom is -0.462 e. The fourth-order valence-corrected chi connectivity index (χ4v) is 10.6. The zero-order chi connectivity index (χ0) is 62.6. The molecule has 0 amide bonds. The Morgan fingerprint density at radius 3 is 0.988 bits per heavy atom. The van der Waals surface area contributed by atoms with Gasteiger partial charge in [0.25, 0.3) is 0 Å². The molecule has 2 unspecified atom stereocenters. The van der Waals surface area contributed by atoms with Gasteiger partial charge in [-0.25, -0.2) is 4.57 Å². The summed E-state index contributed by atoms with van der Waals surface area (Å²) in [5, 5.41) is 0. The maximum Gasteiger partial charge on any atom is 0.472 e. The molecule has 0 aliphatic carbocycles. The molecule has 1 N–H and O–H groups in total. The molecule has 0 rings (SSSR count). The van der Waals surface area contributed by atoms with E-state index in [9.17, 15) is 19.0 Å². The van der Waals surface area contributed by atoms with Crippen LogP contribution in [-0.4, -0.2) is 74.9 Å². The minimum absolute atomic E-state index is 0.0284. The third-order valence-electron chi connectivity index (χ3n) is 15.3. The Morgan fingerprint density at radius 1 is 0.372 bits per heavy atom. The Hall–Kier alpha value is -3.33. The highest BCUT2D eigenvalue weighted by Crippen LogP contribution is 2.43. The fraction of sp³-hybridized carbons (Fsp3) is 0.737. The van der Waals surface area contributed by atoms with Crippen molar-refractivity contribution in [3.63, 3.8) is 0 Å². The first kappa shape index (κ1) is 82.7. The Balaban J connectivity index is 4.03. The van der Waals surface area contributed by atoms with Gasteiger partial charge in [-0.2, -0.15) is 0 Å². The molecule has 9 nitrogen and oxygen atoms in total. The number of carbonyl (C=O) groups excluding carboxylic acids is 2. The molecular formula is C76H135NO8P+. The van der Waals surface area contributed by atoms with Gasteiger partial charge in [0.1, 0.15) is 19.8 Å². The second-order valence-electron chi connectivity index (χ2n) is 24.9. The Kier molecular flexibility index (Phi) is 63.5. The third kappa shape index (κ3) is 69.8. The van der Waals surface area contributed by atoms with E-state index in [4.69, 9.17) is 18.5 Å². The summed E-state index contributed by atoms with van der Waals surface area (Å²) in [5.74, 6) is -0.795. The number of likely N-dealkylation sites (N-methyl/N-ethyl adjacent to an activating group) is 1. The van der Waals surface area contributed by atoms with Gasteiger partial charge in [0, 0.05) is 12.8 Å². The van der Waals surface area contributed by atoms with Gasteiger partial charge in [-0.3, -0.25) is 18.6 Å². The topological polar surface area (TPSA) is 108 Å². The van der Waals surface area contributed by atoms with Gasteiger partial charge in [0.15, 0.2) is 6.10 Å². The number of unbranched alkanes of at least 4 members (excludes halogenated alkanes) is 33. The predicted octanol–water partition coefficient (Wildman–Crippen LogP) is 23.3. The summed E-state index contributed by atoms with van der Waals surface area (Å²) >= 11 is 0. The number of phosphoric ester groups is 1. The normalized spacial score (nSPS) is 13.8. The van der Waals surface area contributed by atoms with Crippen molar-refractivity contribution >= 4 is 19.8 Å². The lowest BCUT2D eigenvalue weighted by molar-refractivity contribution is -0.870. The van der Waals surface area contributed by atoms with Crippen LogP contribution in [0, 0.1) is 0 Å². The average Bonchev–Trinajstić information content (AvgIpc) is 3.67. The van der Waals surface area contributed by atoms with E-state index in [1.54, 1.807) is 0 Å². The maximum atomic E-state index is 12.9. The number of phosphoric acid groups is 1. The molecule has 0 saturated carbocycles. The molecule has 0 aromatic rings. The van der Waals surface area contributed by atoms with Crippen molar-refractivity contribution in [2.24, 2.45) is 0 Å². The van der Waals surface area contributed by atoms with Crippen molar-refractivity contribution in [3.8, 4) is 0 Å². The predicted molar refractivity (Wildman–Crippen MR) is 371 cm³/mol. The molecule has 0 aliphatic heterocycles. The quantitative estimate of drug-likeness (QED) is 0.0211. The average molecular weight is 1220 g/mol. The molecular weight excluding hydrogens is 1090 g/mol. The number of carbonyl (C=O) groups is 2. The number of hydrogen-bond acceptors (Lipinski definition) is 7. The van der Waals surface area contributed by atoms with E-state index in [-0.39, 0.29) is 32.0 Å². The Labute approximate surface area is 531 Å². The molecule has 0 spiro atoms. The largest absolute Gasteiger partial charge is 0.472 e. The molecule has 0 aliphatic rings. The zero-order valence-corrected chi connectivity index (χ0v) is 57.4. The van der Waals surface area contributed by atoms with Crippen molar-refractivity contribution < 1.29 is 42.1 Å². The zero-order valence-electron chi connectivity index (χ0n) is 56.5. The molecule has 0 aromatic carbocycles. The number of ether oxygens (including phenoxy) is 2. The second kappa shape index (κ2) is 66.1. The minimum atomic E-state index is -4.40. The van der Waals surface area contributed by atoms with Gasteiger partial charge in [-0.15, -0.1) is 0 Å². The first-order chi connectivity index (χ1) is 42.0. The van der Waals surface area contributed by atoms with Crippen LogP contribution in [-0.2, 0) is 32.7 Å². The molecule has 0 bridgehead atoms. The van der Waals surface area contributed by atoms with Crippen molar-refractivity contribution in [3.05, 3.63) is 109 Å². The summed E-state index contributed by atoms with van der Waals surface area (Å²) in [4.78, 5) is 35.9. The van der Waals surface area contributed by atoms with E-state index in [2.05, 4.69) is 123 Å². The highest BCUT2D eigenvalue weighted by atomic mass is 31.2. The van der Waals surface area contributed by atoms with Gasteiger partial charge >= 0.3 is 19.8 Å². The summed E-state index contributed by atoms with van der Waals surface area (Å²) < 4.78 is 34.7. The van der Waals surface area contributed by atoms with Crippen molar-refractivity contribution in [2.75, 3.05) is 47.5 Å². The number of esters is 2. The van der Waals surface area contributed by atoms with Crippen LogP contribution in [0.3, 0.4) is 0 Å². The van der Waals surface area contributed by atoms with Crippen LogP contribution < -0.4 is 0 Å². The molecule has 496 valence electrons. The van der Waals surface area contributed by atoms with E-state index in [1.807, 2.05) is 21.1 Å². The van der Waals surface area contributed by atoms with Crippen LogP contribution in [0.4, 0.5) is 0 Å². The van der Waals surface area contributed by atoms with Crippen LogP contribution >= 0.6 is 7.82 Å². The fourth-order valence-electron chi connectivity index (χ4n) is 9.85. The highest BCUT2D eigenvalue weighted by molar-refractivity contribution is 7.47. The summed E-state index contributed by atoms with van der Waals surface area (Å²) in [7, 11) is 1.48. The molecule has 86 heavy (non-hydrogen) atoms. The van der Waals surface area contributed by atoms with Crippen LogP contribution in [0.15, 0.2) is 109 Å². The molecule has 0 heterocycles. The van der Waals surface area contributed by atoms with Gasteiger partial charge in [-0.1, -0.05) is 303 Å². The number of hydrogen-bond donors (Lipinski definition) is 1. The summed E-state index contributed by atoms with van der Waals surface area (Å²) in [6.07, 6.45) is 93.3. The van der Waals surface area contributed by atoms with E-state index in [1.165, 1.54) is 193 Å². The number of quaternary nitrogens is 1. The van der Waals surface area contributed by atoms with Crippen LogP contribution in [0.25, 0.3) is 0 Å². The molecule has 10 heteroatoms. The summed E-state index contributed by atoms with van der Waals surface area (Å²) in [5.41, 5.74) is 0. The summed E-state index contributed by atoms with van der Waals surface area (Å²) in [6, 6.07) is 0. The number of nitrogens with zero attached hydrogens (tertiary/aromatic N) is 1. The number of rotatable bonds is 65. The Bertz CT molecular complexity index is 1820. The van der Waals surface area contributed by atoms with Gasteiger partial charge in [0.05, 0.1) is 27.7 Å². The van der Waals surface area contributed by atoms with Crippen LogP contribution in [0.5, 0.6) is 0 Å². The monoisotopic (exact) mass is 1220 g/mol. The maximum absolute atomic E-state index is 12.9. The Morgan fingerprint density at radius 2 is 0.663 bits per heavy atom. The summed E-state index contributed by atoms with van der Waals surface area (Å²) in [6.45, 7) is 4.33. The molecule has 0 fully saturated rings. The van der Waals surface area contributed by atoms with E-state index < -0.39 is 26.5 Å². The van der Waals surface area contributed by atoms with Crippen molar-refractivity contribution in [1.29, 1.82) is 0 Å². The van der Waals surface area contributed by atoms with E-state index in [0.717, 1.165) is 83.5 Å². The lowest BCUT2D eigenvalue weighted by Crippen LogP contribution is -2.37. The molecule has 0 aromatic heterocycles. The second-order valence-corrected chi connectivity index (χ2v) is 26.3. The first-order valence-electron chi connectivity index (χ1n) is 35.6. The first-order valence-corrected chi connectivity index (χ1v) is 37.1. The molecule has 0 saturated heterocycles. The van der Waals surface area contributed by atoms with Gasteiger partial charge < -0.3 is 18.9 Å². The lowest BCUT2D eigenvalue weighted by Gasteiger charge is -2.24. The van der Waals surface area contributed by atoms with Crippen LogP contribution in [0.2, 0.25) is 0 Å².